The average Bonchev–Trinajstić information content (AvgIpc) is 3.67. The van der Waals surface area contributed by atoms with E-state index in [1.807, 2.05) is 30.3 Å². The Morgan fingerprint density at radius 1 is 0.939 bits per heavy atom. The van der Waals surface area contributed by atoms with E-state index in [0.29, 0.717) is 31.0 Å². The first kappa shape index (κ1) is 32.7. The van der Waals surface area contributed by atoms with Gasteiger partial charge in [-0.05, 0) is 85.1 Å². The lowest BCUT2D eigenvalue weighted by Gasteiger charge is -2.31. The van der Waals surface area contributed by atoms with Crippen molar-refractivity contribution in [3.63, 3.8) is 0 Å². The van der Waals surface area contributed by atoms with Crippen molar-refractivity contribution in [2.45, 2.75) is 82.2 Å². The molecule has 3 aromatic carbocycles. The predicted octanol–water partition coefficient (Wildman–Crippen LogP) is 7.53. The van der Waals surface area contributed by atoms with Gasteiger partial charge in [-0.15, -0.1) is 0 Å². The van der Waals surface area contributed by atoms with E-state index in [2.05, 4.69) is 56.9 Å². The Balaban J connectivity index is 1.21. The first-order valence-electron chi connectivity index (χ1n) is 17.9. The molecule has 0 radical (unpaired) electrons. The van der Waals surface area contributed by atoms with E-state index in [1.165, 1.54) is 47.0 Å². The summed E-state index contributed by atoms with van der Waals surface area (Å²) in [5.41, 5.74) is 8.05. The molecule has 2 saturated carbocycles. The lowest BCUT2D eigenvalue weighted by Crippen LogP contribution is -2.51. The van der Waals surface area contributed by atoms with Crippen LogP contribution in [0, 0.1) is 5.92 Å². The van der Waals surface area contributed by atoms with E-state index in [4.69, 9.17) is 5.11 Å². The summed E-state index contributed by atoms with van der Waals surface area (Å²) in [5, 5.41) is 20.0. The summed E-state index contributed by atoms with van der Waals surface area (Å²) in [7, 11) is 1.71. The molecule has 1 aliphatic heterocycles. The van der Waals surface area contributed by atoms with Crippen LogP contribution in [0.25, 0.3) is 28.2 Å². The zero-order valence-electron chi connectivity index (χ0n) is 28.3. The van der Waals surface area contributed by atoms with Gasteiger partial charge in [0.05, 0.1) is 17.2 Å². The van der Waals surface area contributed by atoms with Crippen LogP contribution in [0.4, 0.5) is 5.69 Å². The number of rotatable bonds is 9. The number of carboxylic acid groups (broad SMARTS) is 1. The van der Waals surface area contributed by atoms with Gasteiger partial charge in [-0.2, -0.15) is 0 Å². The fourth-order valence-electron chi connectivity index (χ4n) is 8.52. The monoisotopic (exact) mass is 658 g/mol. The summed E-state index contributed by atoms with van der Waals surface area (Å²) in [6, 6.07) is 22.4. The molecule has 0 spiro atoms. The van der Waals surface area contributed by atoms with Crippen molar-refractivity contribution >= 4 is 40.4 Å². The Bertz CT molecular complexity index is 1890. The number of aromatic nitrogens is 1. The van der Waals surface area contributed by atoms with Crippen LogP contribution < -0.4 is 16.0 Å². The molecule has 1 unspecified atom stereocenters. The smallest absolute Gasteiger partial charge is 0.328 e. The molecular weight excluding hydrogens is 612 g/mol. The Morgan fingerprint density at radius 3 is 2.43 bits per heavy atom. The van der Waals surface area contributed by atoms with Crippen LogP contribution in [0.3, 0.4) is 0 Å². The van der Waals surface area contributed by atoms with Crippen molar-refractivity contribution in [2.75, 3.05) is 18.9 Å². The van der Waals surface area contributed by atoms with Gasteiger partial charge < -0.3 is 25.6 Å². The Labute approximate surface area is 288 Å². The molecule has 2 aliphatic carbocycles. The Morgan fingerprint density at radius 2 is 1.69 bits per heavy atom. The Hall–Kier alpha value is -4.85. The van der Waals surface area contributed by atoms with Gasteiger partial charge in [0.1, 0.15) is 0 Å². The van der Waals surface area contributed by atoms with E-state index >= 15 is 0 Å². The van der Waals surface area contributed by atoms with Gasteiger partial charge in [0.25, 0.3) is 5.91 Å². The van der Waals surface area contributed by atoms with Crippen LogP contribution in [-0.2, 0) is 22.6 Å². The molecule has 2 fully saturated rings. The number of fused-ring (bicyclic) bond motifs is 5. The molecule has 8 nitrogen and oxygen atoms in total. The molecule has 2 heterocycles. The number of aliphatic carboxylic acids is 1. The maximum absolute atomic E-state index is 14.1. The van der Waals surface area contributed by atoms with Gasteiger partial charge >= 0.3 is 5.97 Å². The van der Waals surface area contributed by atoms with Crippen molar-refractivity contribution < 1.29 is 19.5 Å². The summed E-state index contributed by atoms with van der Waals surface area (Å²) < 4.78 is 2.35. The standard InChI is InChI=1S/C41H46N4O4/c1-42-39(48)31-23-29-11-5-6-12-33(29)38-37(28-9-3-2-4-10-28)34-19-16-30(24-35(34)45(38)25-31)40(49)44-41(21-7-8-22-41)26-43-32-17-13-27(14-18-32)15-20-36(46)47/h5-6,11-20,24,28,31,43H,2-4,7-10,21-23,25-26H2,1H3,(H,42,48)(H,44,49)(H,46,47). The third-order valence-electron chi connectivity index (χ3n) is 11.0. The number of nitrogens with one attached hydrogen (secondary N) is 3. The number of carbonyl (C=O) groups is 3. The van der Waals surface area contributed by atoms with Crippen LogP contribution in [-0.4, -0.2) is 46.6 Å². The SMILES string of the molecule is CNC(=O)C1Cc2ccccc2-c2c(C3CCCCC3)c3ccc(C(=O)NC4(CNc5ccc(C=CC(=O)O)cc5)CCCC4)cc3n2C1. The molecule has 0 saturated heterocycles. The molecule has 1 atom stereocenters. The van der Waals surface area contributed by atoms with Crippen LogP contribution in [0.1, 0.15) is 90.8 Å². The van der Waals surface area contributed by atoms with Crippen molar-refractivity contribution in [1.29, 1.82) is 0 Å². The molecule has 3 aliphatic rings. The second kappa shape index (κ2) is 13.9. The lowest BCUT2D eigenvalue weighted by atomic mass is 9.81. The number of carbonyl (C=O) groups excluding carboxylic acids is 2. The molecule has 49 heavy (non-hydrogen) atoms. The highest BCUT2D eigenvalue weighted by atomic mass is 16.4. The number of anilines is 1. The highest BCUT2D eigenvalue weighted by Gasteiger charge is 2.36. The highest BCUT2D eigenvalue weighted by Crippen LogP contribution is 2.46. The second-order valence-corrected chi connectivity index (χ2v) is 14.2. The van der Waals surface area contributed by atoms with E-state index < -0.39 is 5.97 Å². The number of hydrogen-bond donors (Lipinski definition) is 4. The largest absolute Gasteiger partial charge is 0.478 e. The first-order chi connectivity index (χ1) is 23.8. The second-order valence-electron chi connectivity index (χ2n) is 14.2. The zero-order valence-corrected chi connectivity index (χ0v) is 28.3. The lowest BCUT2D eigenvalue weighted by molar-refractivity contribution is -0.131. The number of benzene rings is 3. The van der Waals surface area contributed by atoms with Crippen LogP contribution in [0.15, 0.2) is 72.8 Å². The maximum Gasteiger partial charge on any atom is 0.328 e. The summed E-state index contributed by atoms with van der Waals surface area (Å²) in [5.74, 6) is -0.775. The van der Waals surface area contributed by atoms with Gasteiger partial charge in [0.15, 0.2) is 0 Å². The molecule has 8 heteroatoms. The van der Waals surface area contributed by atoms with Crippen molar-refractivity contribution in [2.24, 2.45) is 5.92 Å². The predicted molar refractivity (Wildman–Crippen MR) is 195 cm³/mol. The highest BCUT2D eigenvalue weighted by molar-refractivity contribution is 6.01. The molecule has 1 aromatic heterocycles. The van der Waals surface area contributed by atoms with Crippen molar-refractivity contribution in [1.82, 2.24) is 15.2 Å². The fraction of sp³-hybridized carbons (Fsp3) is 0.390. The van der Waals surface area contributed by atoms with E-state index in [-0.39, 0.29) is 23.3 Å². The summed E-state index contributed by atoms with van der Waals surface area (Å²) in [6.07, 6.45) is 13.3. The van der Waals surface area contributed by atoms with Crippen molar-refractivity contribution in [3.05, 3.63) is 95.1 Å². The van der Waals surface area contributed by atoms with E-state index in [1.54, 1.807) is 13.1 Å². The quantitative estimate of drug-likeness (QED) is 0.139. The van der Waals surface area contributed by atoms with E-state index in [0.717, 1.165) is 61.4 Å². The van der Waals surface area contributed by atoms with Crippen LogP contribution >= 0.6 is 0 Å². The number of amides is 2. The van der Waals surface area contributed by atoms with Crippen molar-refractivity contribution in [3.8, 4) is 11.3 Å². The number of nitrogens with zero attached hydrogens (tertiary/aromatic N) is 1. The van der Waals surface area contributed by atoms with Gasteiger partial charge in [0.2, 0.25) is 5.91 Å². The Kier molecular flexibility index (Phi) is 9.30. The van der Waals surface area contributed by atoms with E-state index in [9.17, 15) is 14.4 Å². The number of hydrogen-bond acceptors (Lipinski definition) is 4. The normalized spacial score (nSPS) is 18.8. The molecule has 254 valence electrons. The third kappa shape index (κ3) is 6.74. The van der Waals surface area contributed by atoms with Crippen LogP contribution in [0.2, 0.25) is 0 Å². The first-order valence-corrected chi connectivity index (χ1v) is 17.9. The zero-order chi connectivity index (χ0) is 34.0. The maximum atomic E-state index is 14.1. The molecule has 4 N–H and O–H groups in total. The summed E-state index contributed by atoms with van der Waals surface area (Å²) >= 11 is 0. The minimum Gasteiger partial charge on any atom is -0.478 e. The van der Waals surface area contributed by atoms with Gasteiger partial charge in [-0.25, -0.2) is 4.79 Å². The van der Waals surface area contributed by atoms with Crippen LogP contribution in [0.5, 0.6) is 0 Å². The van der Waals surface area contributed by atoms with Gasteiger partial charge in [-0.1, -0.05) is 74.6 Å². The topological polar surface area (TPSA) is 112 Å². The molecule has 2 amide bonds. The molecule has 0 bridgehead atoms. The number of carboxylic acids is 1. The minimum atomic E-state index is -0.976. The molecule has 4 aromatic rings. The summed E-state index contributed by atoms with van der Waals surface area (Å²) in [6.45, 7) is 1.17. The minimum absolute atomic E-state index is 0.0413. The van der Waals surface area contributed by atoms with Gasteiger partial charge in [0, 0.05) is 53.9 Å². The molecular formula is C41H46N4O4. The molecule has 7 rings (SSSR count). The third-order valence-corrected chi connectivity index (χ3v) is 11.0. The fourth-order valence-corrected chi connectivity index (χ4v) is 8.52. The van der Waals surface area contributed by atoms with Gasteiger partial charge in [-0.3, -0.25) is 9.59 Å². The summed E-state index contributed by atoms with van der Waals surface area (Å²) in [4.78, 5) is 38.2. The average molecular weight is 659 g/mol.